The van der Waals surface area contributed by atoms with Crippen molar-refractivity contribution in [2.24, 2.45) is 0 Å². The zero-order valence-electron chi connectivity index (χ0n) is 13.7. The first-order chi connectivity index (χ1) is 12.1. The second kappa shape index (κ2) is 7.85. The van der Waals surface area contributed by atoms with Gasteiger partial charge in [-0.15, -0.1) is 11.3 Å². The fourth-order valence-corrected chi connectivity index (χ4v) is 3.21. The number of benzene rings is 2. The molecule has 1 amide bonds. The number of amides is 1. The lowest BCUT2D eigenvalue weighted by Gasteiger charge is -1.99. The van der Waals surface area contributed by atoms with Gasteiger partial charge < -0.3 is 0 Å². The van der Waals surface area contributed by atoms with Crippen LogP contribution in [-0.4, -0.2) is 10.9 Å². The van der Waals surface area contributed by atoms with Crippen LogP contribution in [-0.2, 0) is 11.2 Å². The number of carbonyl (C=O) groups is 1. The van der Waals surface area contributed by atoms with E-state index < -0.39 is 0 Å². The van der Waals surface area contributed by atoms with Gasteiger partial charge in [0.15, 0.2) is 5.13 Å². The summed E-state index contributed by atoms with van der Waals surface area (Å²) in [6, 6.07) is 14.3. The molecule has 3 nitrogen and oxygen atoms in total. The van der Waals surface area contributed by atoms with Crippen LogP contribution < -0.4 is 5.32 Å². The average Bonchev–Trinajstić information content (AvgIpc) is 3.01. The molecule has 0 saturated heterocycles. The monoisotopic (exact) mass is 352 g/mol. The van der Waals surface area contributed by atoms with Gasteiger partial charge in [-0.1, -0.05) is 42.0 Å². The topological polar surface area (TPSA) is 42.0 Å². The summed E-state index contributed by atoms with van der Waals surface area (Å²) in [5, 5.41) is 3.31. The Morgan fingerprint density at radius 2 is 2.04 bits per heavy atom. The second-order valence-corrected chi connectivity index (χ2v) is 6.79. The highest BCUT2D eigenvalue weighted by atomic mass is 32.1. The third kappa shape index (κ3) is 5.09. The molecule has 0 bridgehead atoms. The summed E-state index contributed by atoms with van der Waals surface area (Å²) in [6.45, 7) is 2.06. The molecule has 0 unspecified atom stereocenters. The van der Waals surface area contributed by atoms with E-state index in [1.54, 1.807) is 24.4 Å². The normalized spacial score (nSPS) is 11.0. The molecule has 1 N–H and O–H groups in total. The van der Waals surface area contributed by atoms with Gasteiger partial charge in [-0.2, -0.15) is 0 Å². The standard InChI is InChI=1S/C20H17FN2OS/c1-14-3-2-4-16(11-14)12-18-13-22-20(25-18)23-19(24)10-7-15-5-8-17(21)9-6-15/h2-11,13H,12H2,1H3,(H,22,23,24)/b10-7+. The molecule has 0 atom stereocenters. The summed E-state index contributed by atoms with van der Waals surface area (Å²) < 4.78 is 12.8. The minimum atomic E-state index is -0.300. The SMILES string of the molecule is Cc1cccc(Cc2cnc(NC(=O)/C=C/c3ccc(F)cc3)s2)c1. The minimum Gasteiger partial charge on any atom is -0.298 e. The molecule has 1 aromatic heterocycles. The maximum Gasteiger partial charge on any atom is 0.250 e. The molecule has 0 aliphatic carbocycles. The Kier molecular flexibility index (Phi) is 5.36. The van der Waals surface area contributed by atoms with Gasteiger partial charge in [0.1, 0.15) is 5.82 Å². The molecule has 3 aromatic rings. The van der Waals surface area contributed by atoms with Crippen molar-refractivity contribution in [1.82, 2.24) is 4.98 Å². The maximum atomic E-state index is 12.8. The lowest BCUT2D eigenvalue weighted by molar-refractivity contribution is -0.111. The van der Waals surface area contributed by atoms with E-state index in [0.29, 0.717) is 5.13 Å². The molecule has 0 spiro atoms. The van der Waals surface area contributed by atoms with Crippen LogP contribution in [0.1, 0.15) is 21.6 Å². The van der Waals surface area contributed by atoms with Gasteiger partial charge in [-0.05, 0) is 36.3 Å². The Labute approximate surface area is 149 Å². The van der Waals surface area contributed by atoms with Crippen molar-refractivity contribution in [3.8, 4) is 0 Å². The van der Waals surface area contributed by atoms with Crippen molar-refractivity contribution in [3.63, 3.8) is 0 Å². The summed E-state index contributed by atoms with van der Waals surface area (Å²) in [6.07, 6.45) is 5.62. The Morgan fingerprint density at radius 3 is 2.80 bits per heavy atom. The zero-order valence-corrected chi connectivity index (χ0v) is 14.5. The average molecular weight is 352 g/mol. The van der Waals surface area contributed by atoms with Crippen molar-refractivity contribution >= 4 is 28.5 Å². The molecule has 0 fully saturated rings. The van der Waals surface area contributed by atoms with Crippen molar-refractivity contribution in [2.45, 2.75) is 13.3 Å². The van der Waals surface area contributed by atoms with Crippen molar-refractivity contribution in [3.05, 3.63) is 88.2 Å². The second-order valence-electron chi connectivity index (χ2n) is 5.67. The number of aromatic nitrogens is 1. The van der Waals surface area contributed by atoms with Gasteiger partial charge in [0.25, 0.3) is 0 Å². The van der Waals surface area contributed by atoms with Gasteiger partial charge in [0.2, 0.25) is 5.91 Å². The maximum absolute atomic E-state index is 12.8. The number of carbonyl (C=O) groups excluding carboxylic acids is 1. The van der Waals surface area contributed by atoms with Crippen LogP contribution in [0.5, 0.6) is 0 Å². The van der Waals surface area contributed by atoms with E-state index in [9.17, 15) is 9.18 Å². The highest BCUT2D eigenvalue weighted by Crippen LogP contribution is 2.21. The third-order valence-electron chi connectivity index (χ3n) is 3.54. The number of rotatable bonds is 5. The number of hydrogen-bond donors (Lipinski definition) is 1. The summed E-state index contributed by atoms with van der Waals surface area (Å²) in [4.78, 5) is 17.3. The van der Waals surface area contributed by atoms with E-state index >= 15 is 0 Å². The van der Waals surface area contributed by atoms with E-state index in [0.717, 1.165) is 16.9 Å². The highest BCUT2D eigenvalue weighted by Gasteiger charge is 2.05. The van der Waals surface area contributed by atoms with Crippen LogP contribution in [0.3, 0.4) is 0 Å². The highest BCUT2D eigenvalue weighted by molar-refractivity contribution is 7.15. The van der Waals surface area contributed by atoms with Gasteiger partial charge in [-0.25, -0.2) is 9.37 Å². The summed E-state index contributed by atoms with van der Waals surface area (Å²) in [5.74, 6) is -0.564. The molecule has 0 aliphatic rings. The molecule has 2 aromatic carbocycles. The van der Waals surface area contributed by atoms with Crippen molar-refractivity contribution < 1.29 is 9.18 Å². The van der Waals surface area contributed by atoms with Crippen molar-refractivity contribution in [1.29, 1.82) is 0 Å². The first-order valence-electron chi connectivity index (χ1n) is 7.83. The number of anilines is 1. The quantitative estimate of drug-likeness (QED) is 0.668. The smallest absolute Gasteiger partial charge is 0.250 e. The number of thiazole rings is 1. The molecule has 25 heavy (non-hydrogen) atoms. The first-order valence-corrected chi connectivity index (χ1v) is 8.65. The molecular formula is C20H17FN2OS. The molecule has 0 radical (unpaired) electrons. The van der Waals surface area contributed by atoms with Gasteiger partial charge in [-0.3, -0.25) is 10.1 Å². The van der Waals surface area contributed by atoms with Crippen LogP contribution in [0.15, 0.2) is 60.8 Å². The minimum absolute atomic E-state index is 0.263. The van der Waals surface area contributed by atoms with E-state index in [4.69, 9.17) is 0 Å². The number of nitrogens with zero attached hydrogens (tertiary/aromatic N) is 1. The summed E-state index contributed by atoms with van der Waals surface area (Å²) in [5.41, 5.74) is 3.20. The molecule has 126 valence electrons. The number of hydrogen-bond acceptors (Lipinski definition) is 3. The van der Waals surface area contributed by atoms with Crippen LogP contribution in [0.2, 0.25) is 0 Å². The molecule has 3 rings (SSSR count). The van der Waals surface area contributed by atoms with E-state index in [2.05, 4.69) is 35.4 Å². The van der Waals surface area contributed by atoms with Crippen LogP contribution in [0.4, 0.5) is 9.52 Å². The molecule has 0 saturated carbocycles. The van der Waals surface area contributed by atoms with Crippen LogP contribution in [0.25, 0.3) is 6.08 Å². The summed E-state index contributed by atoms with van der Waals surface area (Å²) >= 11 is 1.46. The summed E-state index contributed by atoms with van der Waals surface area (Å²) in [7, 11) is 0. The Bertz CT molecular complexity index is 900. The van der Waals surface area contributed by atoms with Gasteiger partial charge >= 0.3 is 0 Å². The zero-order chi connectivity index (χ0) is 17.6. The fraction of sp³-hybridized carbons (Fsp3) is 0.100. The Balaban J connectivity index is 1.59. The lowest BCUT2D eigenvalue weighted by atomic mass is 10.1. The predicted octanol–water partition coefficient (Wildman–Crippen LogP) is 4.83. The fourth-order valence-electron chi connectivity index (χ4n) is 2.36. The van der Waals surface area contributed by atoms with Crippen molar-refractivity contribution in [2.75, 3.05) is 5.32 Å². The molecule has 1 heterocycles. The predicted molar refractivity (Wildman–Crippen MR) is 100 cm³/mol. The van der Waals surface area contributed by atoms with Crippen LogP contribution >= 0.6 is 11.3 Å². The molecule has 0 aliphatic heterocycles. The third-order valence-corrected chi connectivity index (χ3v) is 4.45. The Morgan fingerprint density at radius 1 is 1.24 bits per heavy atom. The van der Waals surface area contributed by atoms with E-state index in [1.165, 1.54) is 40.7 Å². The van der Waals surface area contributed by atoms with E-state index in [1.807, 2.05) is 6.07 Å². The Hall–Kier alpha value is -2.79. The number of halogens is 1. The van der Waals surface area contributed by atoms with Crippen LogP contribution in [0, 0.1) is 12.7 Å². The first kappa shape index (κ1) is 17.0. The molecule has 5 heteroatoms. The number of nitrogens with one attached hydrogen (secondary N) is 1. The largest absolute Gasteiger partial charge is 0.298 e. The lowest BCUT2D eigenvalue weighted by Crippen LogP contribution is -2.07. The molecular weight excluding hydrogens is 335 g/mol. The van der Waals surface area contributed by atoms with Gasteiger partial charge in [0, 0.05) is 23.6 Å². The van der Waals surface area contributed by atoms with E-state index in [-0.39, 0.29) is 11.7 Å². The number of aryl methyl sites for hydroxylation is 1. The van der Waals surface area contributed by atoms with Gasteiger partial charge in [0.05, 0.1) is 0 Å².